The summed E-state index contributed by atoms with van der Waals surface area (Å²) in [4.78, 5) is 0. The topological polar surface area (TPSA) is 121 Å². The third-order valence-corrected chi connectivity index (χ3v) is 5.82. The van der Waals surface area contributed by atoms with Crippen LogP contribution in [0.5, 0.6) is 0 Å². The van der Waals surface area contributed by atoms with Gasteiger partial charge in [0, 0.05) is 27.1 Å². The smallest absolute Gasteiger partial charge is 0.204 e. The molecule has 6 nitrogen and oxygen atoms in total. The van der Waals surface area contributed by atoms with Crippen LogP contribution in [-0.2, 0) is 0 Å². The second kappa shape index (κ2) is 7.56. The number of hydrogen-bond donors (Lipinski definition) is 0. The molecule has 0 N–H and O–H groups in total. The molecule has 172 valence electrons. The van der Waals surface area contributed by atoms with Gasteiger partial charge in [-0.1, -0.05) is 0 Å². The molecule has 0 atom stereocenters. The van der Waals surface area contributed by atoms with Gasteiger partial charge < -0.3 is 8.83 Å². The molecular weight excluding hydrogens is 483 g/mol. The monoisotopic (exact) mass is 488 g/mol. The van der Waals surface area contributed by atoms with Crippen LogP contribution in [0.4, 0.5) is 22.0 Å². The maximum Gasteiger partial charge on any atom is 0.204 e. The van der Waals surface area contributed by atoms with Gasteiger partial charge in [-0.3, -0.25) is 0 Å². The van der Waals surface area contributed by atoms with Crippen LogP contribution in [0.3, 0.4) is 0 Å². The van der Waals surface area contributed by atoms with Gasteiger partial charge in [-0.15, -0.1) is 0 Å². The summed E-state index contributed by atoms with van der Waals surface area (Å²) in [6.07, 6.45) is 0. The van der Waals surface area contributed by atoms with Gasteiger partial charge in [-0.05, 0) is 19.1 Å². The first-order valence-corrected chi connectivity index (χ1v) is 9.81. The average molecular weight is 488 g/mol. The molecule has 0 bridgehead atoms. The van der Waals surface area contributed by atoms with Gasteiger partial charge in [-0.2, -0.15) is 25.4 Å². The molecule has 0 aliphatic carbocycles. The van der Waals surface area contributed by atoms with Crippen LogP contribution >= 0.6 is 0 Å². The summed E-state index contributed by atoms with van der Waals surface area (Å²) in [6, 6.07) is 7.77. The number of nitrogens with zero attached hydrogens (tertiary/aromatic N) is 4. The molecule has 0 amide bonds. The second-order valence-electron chi connectivity index (χ2n) is 7.60. The molecule has 0 fully saturated rings. The van der Waals surface area contributed by atoms with Gasteiger partial charge in [0.05, 0.1) is 10.4 Å². The zero-order valence-electron chi connectivity index (χ0n) is 17.6. The highest BCUT2D eigenvalue weighted by Crippen LogP contribution is 2.36. The van der Waals surface area contributed by atoms with Gasteiger partial charge in [0.15, 0.2) is 28.6 Å². The maximum atomic E-state index is 15.0. The van der Waals surface area contributed by atoms with Gasteiger partial charge in [-0.25, -0.2) is 17.6 Å². The van der Waals surface area contributed by atoms with E-state index in [-0.39, 0.29) is 16.2 Å². The van der Waals surface area contributed by atoms with Crippen molar-refractivity contribution in [3.63, 3.8) is 0 Å². The van der Waals surface area contributed by atoms with Gasteiger partial charge in [0.25, 0.3) is 0 Å². The highest BCUT2D eigenvalue weighted by molar-refractivity contribution is 6.18. The molecule has 0 aliphatic rings. The van der Waals surface area contributed by atoms with E-state index in [9.17, 15) is 43.0 Å². The fraction of sp³-hybridized carbons (Fsp3) is 0.0400. The van der Waals surface area contributed by atoms with Crippen molar-refractivity contribution in [3.05, 3.63) is 57.2 Å². The number of halogens is 5. The maximum absolute atomic E-state index is 15.0. The lowest BCUT2D eigenvalue weighted by molar-refractivity contribution is 0.444. The zero-order valence-corrected chi connectivity index (χ0v) is 17.6. The summed E-state index contributed by atoms with van der Waals surface area (Å²) in [5.74, 6) is -7.42. The Labute approximate surface area is 195 Å². The predicted octanol–water partition coefficient (Wildman–Crippen LogP) is 4.89. The Morgan fingerprint density at radius 1 is 0.611 bits per heavy atom. The molecule has 0 spiro atoms. The summed E-state index contributed by atoms with van der Waals surface area (Å²) in [5, 5.41) is 36.2. The number of benzene rings is 3. The first-order valence-electron chi connectivity index (χ1n) is 9.81. The minimum absolute atomic E-state index is 0.291. The quantitative estimate of drug-likeness (QED) is 0.226. The minimum atomic E-state index is -1.88. The lowest BCUT2D eigenvalue weighted by Gasteiger charge is -2.00. The molecule has 36 heavy (non-hydrogen) atoms. The Bertz CT molecular complexity index is 1980. The molecule has 0 saturated heterocycles. The van der Waals surface area contributed by atoms with E-state index >= 15 is 0 Å². The molecular formula is C25H5F5N4O2. The van der Waals surface area contributed by atoms with Crippen molar-refractivity contribution in [1.82, 2.24) is 0 Å². The van der Waals surface area contributed by atoms with Crippen molar-refractivity contribution in [1.29, 1.82) is 21.0 Å². The summed E-state index contributed by atoms with van der Waals surface area (Å²) in [7, 11) is 0. The van der Waals surface area contributed by atoms with Crippen molar-refractivity contribution >= 4 is 55.0 Å². The lowest BCUT2D eigenvalue weighted by Crippen LogP contribution is -2.16. The van der Waals surface area contributed by atoms with Crippen LogP contribution in [0.15, 0.2) is 21.0 Å². The van der Waals surface area contributed by atoms with Crippen LogP contribution in [0, 0.1) is 81.3 Å². The van der Waals surface area contributed by atoms with E-state index in [2.05, 4.69) is 0 Å². The molecule has 0 unspecified atom stereocenters. The first-order chi connectivity index (χ1) is 17.2. The SMILES string of the molecule is Cc1c(F)cc2c(oc3c(=C(C#N)C#N)c4c(oc5c(F)c(F)c(F)cc54)c(=C(C#N)C#N)c32)c1F. The fourth-order valence-electron chi connectivity index (χ4n) is 4.22. The summed E-state index contributed by atoms with van der Waals surface area (Å²) < 4.78 is 83.5. The number of nitriles is 4. The zero-order chi connectivity index (χ0) is 26.0. The van der Waals surface area contributed by atoms with Crippen LogP contribution in [0.25, 0.3) is 55.0 Å². The average Bonchev–Trinajstić information content (AvgIpc) is 3.42. The molecule has 0 radical (unpaired) electrons. The molecule has 5 aromatic rings. The van der Waals surface area contributed by atoms with Crippen LogP contribution < -0.4 is 10.4 Å². The van der Waals surface area contributed by atoms with Crippen LogP contribution in [-0.4, -0.2) is 0 Å². The first kappa shape index (κ1) is 22.4. The Hall–Kier alpha value is -5.39. The van der Waals surface area contributed by atoms with Gasteiger partial charge in [0.1, 0.15) is 52.4 Å². The van der Waals surface area contributed by atoms with Crippen molar-refractivity contribution in [2.45, 2.75) is 6.92 Å². The molecule has 0 saturated carbocycles. The molecule has 2 heterocycles. The van der Waals surface area contributed by atoms with E-state index < -0.39 is 84.0 Å². The van der Waals surface area contributed by atoms with E-state index in [1.54, 1.807) is 24.3 Å². The summed E-state index contributed by atoms with van der Waals surface area (Å²) in [5.41, 5.74) is -4.15. The van der Waals surface area contributed by atoms with E-state index in [0.717, 1.165) is 13.0 Å². The van der Waals surface area contributed by atoms with Crippen LogP contribution in [0.2, 0.25) is 0 Å². The highest BCUT2D eigenvalue weighted by atomic mass is 19.2. The van der Waals surface area contributed by atoms with Crippen molar-refractivity contribution in [3.8, 4) is 24.3 Å². The molecule has 5 rings (SSSR count). The number of furan rings is 2. The Morgan fingerprint density at radius 3 is 1.47 bits per heavy atom. The summed E-state index contributed by atoms with van der Waals surface area (Å²) in [6.45, 7) is 1.13. The number of rotatable bonds is 0. The van der Waals surface area contributed by atoms with Gasteiger partial charge >= 0.3 is 0 Å². The predicted molar refractivity (Wildman–Crippen MR) is 114 cm³/mol. The summed E-state index contributed by atoms with van der Waals surface area (Å²) >= 11 is 0. The number of fused-ring (bicyclic) bond motifs is 6. The fourth-order valence-corrected chi connectivity index (χ4v) is 4.22. The normalized spacial score (nSPS) is 10.9. The van der Waals surface area contributed by atoms with Crippen molar-refractivity contribution in [2.24, 2.45) is 0 Å². The molecule has 3 aromatic carbocycles. The molecule has 0 aliphatic heterocycles. The van der Waals surface area contributed by atoms with E-state index in [1.807, 2.05) is 0 Å². The van der Waals surface area contributed by atoms with E-state index in [1.165, 1.54) is 0 Å². The number of hydrogen-bond acceptors (Lipinski definition) is 6. The largest absolute Gasteiger partial charge is 0.452 e. The van der Waals surface area contributed by atoms with Crippen molar-refractivity contribution in [2.75, 3.05) is 0 Å². The van der Waals surface area contributed by atoms with Crippen molar-refractivity contribution < 1.29 is 30.8 Å². The Kier molecular flexibility index (Phi) is 4.71. The lowest BCUT2D eigenvalue weighted by atomic mass is 9.98. The van der Waals surface area contributed by atoms with Crippen LogP contribution in [0.1, 0.15) is 5.56 Å². The highest BCUT2D eigenvalue weighted by Gasteiger charge is 2.28. The Balaban J connectivity index is 2.38. The standard InChI is InChI=1S/C25H5F5N4O2/c1-8-13(26)2-11-17-15(9(4-31)5-32)25-18(12-3-14(27)20(29)21(30)23(12)36-25)16(10(6-33)7-34)24(17)35-22(11)19(8)28/h2-3H,1H3. The van der Waals surface area contributed by atoms with E-state index in [4.69, 9.17) is 8.83 Å². The third-order valence-electron chi connectivity index (χ3n) is 5.82. The Morgan fingerprint density at radius 2 is 1.03 bits per heavy atom. The third kappa shape index (κ3) is 2.66. The van der Waals surface area contributed by atoms with Gasteiger partial charge in [0.2, 0.25) is 5.82 Å². The molecule has 11 heteroatoms. The minimum Gasteiger partial charge on any atom is -0.452 e. The molecule has 2 aromatic heterocycles. The second-order valence-corrected chi connectivity index (χ2v) is 7.60. The van der Waals surface area contributed by atoms with E-state index in [0.29, 0.717) is 6.07 Å².